The molecule has 0 aliphatic rings. The van der Waals surface area contributed by atoms with E-state index in [1.54, 1.807) is 0 Å². The highest BCUT2D eigenvalue weighted by Crippen LogP contribution is 2.45. The fourth-order valence-electron chi connectivity index (χ4n) is 6.35. The van der Waals surface area contributed by atoms with Gasteiger partial charge in [-0.3, -0.25) is 4.52 Å². The summed E-state index contributed by atoms with van der Waals surface area (Å²) >= 11 is 0. The smallest absolute Gasteiger partial charge is 0.387 e. The highest BCUT2D eigenvalue weighted by Gasteiger charge is 2.29. The summed E-state index contributed by atoms with van der Waals surface area (Å²) in [7, 11) is -1.74. The van der Waals surface area contributed by atoms with Crippen LogP contribution in [0.4, 0.5) is 0 Å². The summed E-state index contributed by atoms with van der Waals surface area (Å²) < 4.78 is 20.5. The molecule has 0 radical (unpaired) electrons. The van der Waals surface area contributed by atoms with Crippen molar-refractivity contribution in [3.8, 4) is 5.75 Å². The van der Waals surface area contributed by atoms with Crippen LogP contribution in [-0.2, 0) is 33.5 Å². The lowest BCUT2D eigenvalue weighted by Crippen LogP contribution is -2.17. The van der Waals surface area contributed by atoms with Crippen LogP contribution in [-0.4, -0.2) is 11.7 Å². The van der Waals surface area contributed by atoms with Crippen LogP contribution in [0.2, 0.25) is 0 Å². The molecule has 3 aromatic carbocycles. The quantitative estimate of drug-likeness (QED) is 0.205. The molecule has 0 atom stereocenters. The summed E-state index contributed by atoms with van der Waals surface area (Å²) in [5.74, 6) is 0.664. The fraction of sp³-hybridized carbons (Fsp3) is 0.591. The molecule has 0 spiro atoms. The van der Waals surface area contributed by atoms with Crippen LogP contribution in [0.15, 0.2) is 44.8 Å². The predicted octanol–water partition coefficient (Wildman–Crippen LogP) is 13.7. The predicted molar refractivity (Wildman–Crippen MR) is 212 cm³/mol. The lowest BCUT2D eigenvalue weighted by molar-refractivity contribution is 0.363. The van der Waals surface area contributed by atoms with E-state index >= 15 is 0 Å². The number of aromatic hydroxyl groups is 1. The molecule has 0 amide bonds. The minimum Gasteiger partial charge on any atom is -0.507 e. The summed E-state index contributed by atoms with van der Waals surface area (Å²) in [6, 6.07) is 13.7. The van der Waals surface area contributed by atoms with Gasteiger partial charge in [0, 0.05) is 21.9 Å². The summed E-state index contributed by atoms with van der Waals surface area (Å²) in [6.07, 6.45) is 1.64. The molecule has 0 unspecified atom stereocenters. The fourth-order valence-corrected chi connectivity index (χ4v) is 7.46. The summed E-state index contributed by atoms with van der Waals surface area (Å²) in [6.45, 7) is 38.5. The van der Waals surface area contributed by atoms with Crippen molar-refractivity contribution >= 4 is 30.2 Å². The third-order valence-electron chi connectivity index (χ3n) is 9.58. The van der Waals surface area contributed by atoms with Gasteiger partial charge in [0.2, 0.25) is 0 Å². The minimum absolute atomic E-state index is 0.0470. The van der Waals surface area contributed by atoms with E-state index in [9.17, 15) is 5.11 Å². The van der Waals surface area contributed by atoms with E-state index in [0.717, 1.165) is 45.9 Å². The van der Waals surface area contributed by atoms with Crippen LogP contribution >= 0.6 is 8.24 Å². The molecule has 1 heterocycles. The summed E-state index contributed by atoms with van der Waals surface area (Å²) in [4.78, 5) is 0. The van der Waals surface area contributed by atoms with Gasteiger partial charge in [0.15, 0.2) is 0 Å². The standard InChI is InChI=1S/C44H65O4P/c1-27(2)31-21-28(22-34(37(31)45)42(9,10)11)19-18-20-46-49-47-38-32(23-29(40(3,4)5)25-35(38)43(12,13)14)33-24-30(41(6,7)8)26-36(39(33)48-49)44(15,16)17/h21-27,45H,18-20H2,1-17H3. The first-order valence-electron chi connectivity index (χ1n) is 18.2. The van der Waals surface area contributed by atoms with Crippen LogP contribution < -0.4 is 4.52 Å². The van der Waals surface area contributed by atoms with Crippen molar-refractivity contribution < 1.29 is 18.0 Å². The molecule has 0 bridgehead atoms. The highest BCUT2D eigenvalue weighted by atomic mass is 31.1. The Balaban J connectivity index is 1.93. The van der Waals surface area contributed by atoms with E-state index in [0.29, 0.717) is 12.4 Å². The minimum atomic E-state index is -1.74. The van der Waals surface area contributed by atoms with Crippen molar-refractivity contribution in [2.24, 2.45) is 0 Å². The molecule has 4 aromatic rings. The highest BCUT2D eigenvalue weighted by molar-refractivity contribution is 7.31. The second-order valence-corrected chi connectivity index (χ2v) is 20.7. The van der Waals surface area contributed by atoms with E-state index in [4.69, 9.17) is 12.9 Å². The average molecular weight is 689 g/mol. The first-order valence-corrected chi connectivity index (χ1v) is 19.3. The molecule has 270 valence electrons. The molecule has 5 heteroatoms. The number of rotatable bonds is 6. The molecule has 4 nitrogen and oxygen atoms in total. The molecule has 4 rings (SSSR count). The third-order valence-corrected chi connectivity index (χ3v) is 10.6. The van der Waals surface area contributed by atoms with Gasteiger partial charge in [-0.05, 0) is 85.8 Å². The second kappa shape index (κ2) is 13.5. The van der Waals surface area contributed by atoms with E-state index < -0.39 is 8.24 Å². The molecule has 0 aliphatic heterocycles. The lowest BCUT2D eigenvalue weighted by atomic mass is 9.77. The largest absolute Gasteiger partial charge is 0.507 e. The summed E-state index contributed by atoms with van der Waals surface area (Å²) in [5.41, 5.74) is 9.27. The van der Waals surface area contributed by atoms with Gasteiger partial charge in [-0.2, -0.15) is 0 Å². The maximum Gasteiger partial charge on any atom is 0.387 e. The molecule has 1 N–H and O–H groups in total. The molecule has 0 saturated carbocycles. The first-order chi connectivity index (χ1) is 22.2. The van der Waals surface area contributed by atoms with E-state index in [1.807, 2.05) is 0 Å². The van der Waals surface area contributed by atoms with Crippen molar-refractivity contribution in [2.75, 3.05) is 6.61 Å². The van der Waals surface area contributed by atoms with Crippen LogP contribution in [0.5, 0.6) is 5.75 Å². The number of benzene rings is 3. The van der Waals surface area contributed by atoms with Crippen LogP contribution in [0, 0.1) is 0 Å². The Morgan fingerprint density at radius 2 is 1.02 bits per heavy atom. The van der Waals surface area contributed by atoms with Crippen LogP contribution in [0.3, 0.4) is 0 Å². The SMILES string of the molecule is CC(C)c1cc(CCCOp2oc3c(C(C)(C)C)cc(C(C)(C)C)cc3c3cc(C(C)(C)C)cc(C(C)(C)C)c3o2)cc(C(C)(C)C)c1O. The topological polar surface area (TPSA) is 55.7 Å². The molecule has 0 aliphatic carbocycles. The van der Waals surface area contributed by atoms with Gasteiger partial charge in [0.1, 0.15) is 16.9 Å². The number of fused-ring (bicyclic) bond motifs is 3. The van der Waals surface area contributed by atoms with Crippen molar-refractivity contribution in [1.29, 1.82) is 0 Å². The number of hydrogen-bond donors (Lipinski definition) is 1. The van der Waals surface area contributed by atoms with Crippen molar-refractivity contribution in [1.82, 2.24) is 0 Å². The number of phenols is 1. The van der Waals surface area contributed by atoms with Gasteiger partial charge in [-0.15, -0.1) is 0 Å². The normalized spacial score (nSPS) is 13.6. The van der Waals surface area contributed by atoms with Gasteiger partial charge >= 0.3 is 8.24 Å². The van der Waals surface area contributed by atoms with Gasteiger partial charge in [0.25, 0.3) is 0 Å². The Kier molecular flexibility index (Phi) is 10.7. The van der Waals surface area contributed by atoms with E-state index in [-0.39, 0.29) is 33.0 Å². The Labute approximate surface area is 298 Å². The molecule has 0 saturated heterocycles. The van der Waals surface area contributed by atoms with E-state index in [2.05, 4.69) is 154 Å². The molecule has 0 fully saturated rings. The van der Waals surface area contributed by atoms with Gasteiger partial charge < -0.3 is 13.5 Å². The monoisotopic (exact) mass is 688 g/mol. The second-order valence-electron chi connectivity index (χ2n) is 19.6. The zero-order valence-corrected chi connectivity index (χ0v) is 34.7. The third kappa shape index (κ3) is 8.80. The molecule has 1 aromatic heterocycles. The van der Waals surface area contributed by atoms with Crippen molar-refractivity contribution in [2.45, 2.75) is 164 Å². The number of hydrogen-bond acceptors (Lipinski definition) is 4. The van der Waals surface area contributed by atoms with Crippen molar-refractivity contribution in [3.05, 3.63) is 75.3 Å². The number of aryl methyl sites for hydroxylation is 1. The van der Waals surface area contributed by atoms with Gasteiger partial charge in [-0.1, -0.05) is 142 Å². The van der Waals surface area contributed by atoms with E-state index in [1.165, 1.54) is 27.8 Å². The molecular formula is C44H65O4P. The average Bonchev–Trinajstić information content (AvgIpc) is 3.08. The molecular weight excluding hydrogens is 623 g/mol. The maximum atomic E-state index is 11.1. The lowest BCUT2D eigenvalue weighted by Gasteiger charge is -2.27. The van der Waals surface area contributed by atoms with Gasteiger partial charge in [0.05, 0.1) is 6.61 Å². The first kappa shape index (κ1) is 39.1. The van der Waals surface area contributed by atoms with Crippen LogP contribution in [0.1, 0.15) is 169 Å². The molecule has 49 heavy (non-hydrogen) atoms. The zero-order chi connectivity index (χ0) is 37.1. The van der Waals surface area contributed by atoms with Crippen LogP contribution in [0.25, 0.3) is 21.9 Å². The Hall–Kier alpha value is -2.68. The van der Waals surface area contributed by atoms with Crippen molar-refractivity contribution in [3.63, 3.8) is 0 Å². The summed E-state index contributed by atoms with van der Waals surface area (Å²) in [5, 5.41) is 13.2. The zero-order valence-electron chi connectivity index (χ0n) is 33.8. The number of phenolic OH excluding ortho intramolecular Hbond substituents is 1. The Morgan fingerprint density at radius 1 is 0.592 bits per heavy atom. The Bertz CT molecular complexity index is 1760. The Morgan fingerprint density at radius 3 is 1.39 bits per heavy atom. The van der Waals surface area contributed by atoms with Gasteiger partial charge in [-0.25, -0.2) is 0 Å². The maximum absolute atomic E-state index is 11.1.